The molecule has 0 radical (unpaired) electrons. The smallest absolute Gasteiger partial charge is 0.0986 e. The quantitative estimate of drug-likeness (QED) is 0.697. The molecule has 2 N–H and O–H groups in total. The van der Waals surface area contributed by atoms with Crippen LogP contribution in [0.2, 0.25) is 0 Å². The summed E-state index contributed by atoms with van der Waals surface area (Å²) in [5.74, 6) is 0. The van der Waals surface area contributed by atoms with Crippen molar-refractivity contribution in [3.8, 4) is 0 Å². The SMILES string of the molecule is CC1(C)CN(c2ccc3cc[nH]c3c2)C2(S)CCCCC2N1. The monoisotopic (exact) mass is 315 g/mol. The summed E-state index contributed by atoms with van der Waals surface area (Å²) < 4.78 is 0. The fraction of sp³-hybridized carbons (Fsp3) is 0.556. The Labute approximate surface area is 137 Å². The van der Waals surface area contributed by atoms with Crippen molar-refractivity contribution in [1.29, 1.82) is 0 Å². The highest BCUT2D eigenvalue weighted by atomic mass is 32.1. The maximum atomic E-state index is 5.19. The van der Waals surface area contributed by atoms with Crippen LogP contribution >= 0.6 is 12.6 Å². The lowest BCUT2D eigenvalue weighted by Gasteiger charge is -2.58. The summed E-state index contributed by atoms with van der Waals surface area (Å²) in [7, 11) is 0. The molecule has 22 heavy (non-hydrogen) atoms. The normalized spacial score (nSPS) is 31.2. The van der Waals surface area contributed by atoms with Crippen molar-refractivity contribution < 1.29 is 0 Å². The Hall–Kier alpha value is -1.13. The minimum Gasteiger partial charge on any atom is -0.361 e. The van der Waals surface area contributed by atoms with Crippen LogP contribution in [0.3, 0.4) is 0 Å². The molecule has 1 aliphatic heterocycles. The highest BCUT2D eigenvalue weighted by molar-refractivity contribution is 7.82. The van der Waals surface area contributed by atoms with Gasteiger partial charge in [-0.1, -0.05) is 18.9 Å². The van der Waals surface area contributed by atoms with E-state index in [1.54, 1.807) is 0 Å². The van der Waals surface area contributed by atoms with Gasteiger partial charge in [0, 0.05) is 35.5 Å². The molecule has 0 amide bonds. The van der Waals surface area contributed by atoms with Crippen LogP contribution in [0.25, 0.3) is 10.9 Å². The number of anilines is 1. The maximum absolute atomic E-state index is 5.19. The van der Waals surface area contributed by atoms with E-state index in [0.29, 0.717) is 6.04 Å². The Morgan fingerprint density at radius 3 is 2.95 bits per heavy atom. The average molecular weight is 315 g/mol. The van der Waals surface area contributed by atoms with E-state index in [1.165, 1.54) is 35.9 Å². The first-order chi connectivity index (χ1) is 10.5. The molecule has 2 unspecified atom stereocenters. The molecule has 2 fully saturated rings. The highest BCUT2D eigenvalue weighted by Gasteiger charge is 2.49. The lowest BCUT2D eigenvalue weighted by molar-refractivity contribution is 0.181. The first kappa shape index (κ1) is 14.5. The standard InChI is InChI=1S/C18H25N3S/c1-17(2)12-21(18(22)9-4-3-5-16(18)20-17)14-7-6-13-8-10-19-15(13)11-14/h6-8,10-11,16,19-20,22H,3-5,9,12H2,1-2H3. The molecule has 1 aliphatic carbocycles. The van der Waals surface area contributed by atoms with Crippen molar-refractivity contribution in [2.45, 2.75) is 56.0 Å². The zero-order valence-corrected chi connectivity index (χ0v) is 14.3. The van der Waals surface area contributed by atoms with E-state index >= 15 is 0 Å². The molecule has 118 valence electrons. The summed E-state index contributed by atoms with van der Waals surface area (Å²) >= 11 is 5.19. The molecule has 4 heteroatoms. The minimum absolute atomic E-state index is 0.0754. The molecule has 0 bridgehead atoms. The number of thiol groups is 1. The molecule has 2 aliphatic rings. The molecule has 3 nitrogen and oxygen atoms in total. The maximum Gasteiger partial charge on any atom is 0.0986 e. The van der Waals surface area contributed by atoms with Gasteiger partial charge >= 0.3 is 0 Å². The van der Waals surface area contributed by atoms with Gasteiger partial charge in [0.15, 0.2) is 0 Å². The van der Waals surface area contributed by atoms with E-state index in [0.717, 1.165) is 13.0 Å². The second-order valence-electron chi connectivity index (χ2n) is 7.54. The van der Waals surface area contributed by atoms with Crippen molar-refractivity contribution in [1.82, 2.24) is 10.3 Å². The van der Waals surface area contributed by atoms with Gasteiger partial charge in [-0.15, -0.1) is 12.6 Å². The van der Waals surface area contributed by atoms with Crippen LogP contribution in [0.5, 0.6) is 0 Å². The van der Waals surface area contributed by atoms with E-state index in [-0.39, 0.29) is 10.4 Å². The highest BCUT2D eigenvalue weighted by Crippen LogP contribution is 2.44. The number of nitrogens with one attached hydrogen (secondary N) is 2. The lowest BCUT2D eigenvalue weighted by atomic mass is 9.82. The van der Waals surface area contributed by atoms with Crippen LogP contribution in [0.15, 0.2) is 30.5 Å². The number of benzene rings is 1. The van der Waals surface area contributed by atoms with E-state index in [4.69, 9.17) is 12.6 Å². The van der Waals surface area contributed by atoms with Gasteiger partial charge in [-0.05, 0) is 50.3 Å². The summed E-state index contributed by atoms with van der Waals surface area (Å²) in [5.41, 5.74) is 2.60. The zero-order valence-electron chi connectivity index (χ0n) is 13.4. The predicted octanol–water partition coefficient (Wildman–Crippen LogP) is 3.92. The Kier molecular flexibility index (Phi) is 3.24. The molecule has 1 saturated carbocycles. The van der Waals surface area contributed by atoms with E-state index in [9.17, 15) is 0 Å². The van der Waals surface area contributed by atoms with Crippen LogP contribution < -0.4 is 10.2 Å². The largest absolute Gasteiger partial charge is 0.361 e. The molecule has 2 heterocycles. The summed E-state index contributed by atoms with van der Waals surface area (Å²) in [6.07, 6.45) is 6.94. The van der Waals surface area contributed by atoms with E-state index < -0.39 is 0 Å². The van der Waals surface area contributed by atoms with Gasteiger partial charge in [0.05, 0.1) is 4.87 Å². The summed E-state index contributed by atoms with van der Waals surface area (Å²) in [5, 5.41) is 5.11. The van der Waals surface area contributed by atoms with Gasteiger partial charge in [-0.25, -0.2) is 0 Å². The van der Waals surface area contributed by atoms with Crippen LogP contribution in [-0.2, 0) is 0 Å². The van der Waals surface area contributed by atoms with Gasteiger partial charge in [0.2, 0.25) is 0 Å². The summed E-state index contributed by atoms with van der Waals surface area (Å²) in [6, 6.07) is 9.32. The fourth-order valence-corrected chi connectivity index (χ4v) is 4.76. The average Bonchev–Trinajstić information content (AvgIpc) is 2.94. The first-order valence-corrected chi connectivity index (χ1v) is 8.78. The number of aromatic amines is 1. The van der Waals surface area contributed by atoms with Crippen molar-refractivity contribution in [2.75, 3.05) is 11.4 Å². The number of hydrogen-bond acceptors (Lipinski definition) is 3. The number of aromatic nitrogens is 1. The minimum atomic E-state index is -0.0754. The molecular formula is C18H25N3S. The van der Waals surface area contributed by atoms with Crippen LogP contribution in [0, 0.1) is 0 Å². The number of H-pyrrole nitrogens is 1. The lowest BCUT2D eigenvalue weighted by Crippen LogP contribution is -2.72. The Bertz CT molecular complexity index is 692. The van der Waals surface area contributed by atoms with Crippen molar-refractivity contribution in [3.63, 3.8) is 0 Å². The van der Waals surface area contributed by atoms with Gasteiger partial charge in [0.25, 0.3) is 0 Å². The second kappa shape index (κ2) is 4.93. The van der Waals surface area contributed by atoms with Gasteiger partial charge in [0.1, 0.15) is 0 Å². The topological polar surface area (TPSA) is 31.1 Å². The molecule has 1 saturated heterocycles. The van der Waals surface area contributed by atoms with Crippen molar-refractivity contribution in [2.24, 2.45) is 0 Å². The van der Waals surface area contributed by atoms with E-state index in [1.807, 2.05) is 6.20 Å². The summed E-state index contributed by atoms with van der Waals surface area (Å²) in [6.45, 7) is 5.59. The number of nitrogens with zero attached hydrogens (tertiary/aromatic N) is 1. The van der Waals surface area contributed by atoms with E-state index in [2.05, 4.69) is 53.3 Å². The molecule has 2 atom stereocenters. The number of rotatable bonds is 1. The Balaban J connectivity index is 1.78. The van der Waals surface area contributed by atoms with Gasteiger partial charge in [-0.3, -0.25) is 0 Å². The number of hydrogen-bond donors (Lipinski definition) is 3. The van der Waals surface area contributed by atoms with Crippen molar-refractivity contribution in [3.05, 3.63) is 30.5 Å². The van der Waals surface area contributed by atoms with Gasteiger partial charge < -0.3 is 15.2 Å². The zero-order chi connectivity index (χ0) is 15.4. The molecule has 1 aromatic carbocycles. The van der Waals surface area contributed by atoms with Crippen molar-refractivity contribution >= 4 is 29.2 Å². The second-order valence-corrected chi connectivity index (χ2v) is 8.31. The van der Waals surface area contributed by atoms with Crippen LogP contribution in [0.4, 0.5) is 5.69 Å². The Morgan fingerprint density at radius 1 is 1.23 bits per heavy atom. The third-order valence-corrected chi connectivity index (χ3v) is 6.06. The third kappa shape index (κ3) is 2.24. The molecule has 2 aromatic rings. The molecule has 4 rings (SSSR count). The predicted molar refractivity (Wildman–Crippen MR) is 96.8 cm³/mol. The van der Waals surface area contributed by atoms with Gasteiger partial charge in [-0.2, -0.15) is 0 Å². The number of fused-ring (bicyclic) bond motifs is 2. The molecule has 1 aromatic heterocycles. The molecule has 0 spiro atoms. The molecular weight excluding hydrogens is 290 g/mol. The first-order valence-electron chi connectivity index (χ1n) is 8.33. The Morgan fingerprint density at radius 2 is 2.09 bits per heavy atom. The third-order valence-electron chi connectivity index (χ3n) is 5.28. The van der Waals surface area contributed by atoms with Crippen LogP contribution in [0.1, 0.15) is 39.5 Å². The van der Waals surface area contributed by atoms with Crippen LogP contribution in [-0.4, -0.2) is 28.0 Å². The summed E-state index contributed by atoms with van der Waals surface area (Å²) in [4.78, 5) is 5.80. The number of piperazine rings is 1. The fourth-order valence-electron chi connectivity index (χ4n) is 4.22.